The van der Waals surface area contributed by atoms with Gasteiger partial charge in [0.2, 0.25) is 0 Å². The van der Waals surface area contributed by atoms with Gasteiger partial charge in [-0.15, -0.1) is 0 Å². The highest BCUT2D eigenvalue weighted by atomic mass is 16.1. The van der Waals surface area contributed by atoms with Gasteiger partial charge in [-0.2, -0.15) is 0 Å². The van der Waals surface area contributed by atoms with E-state index in [1.807, 2.05) is 24.3 Å². The van der Waals surface area contributed by atoms with Gasteiger partial charge in [0.15, 0.2) is 0 Å². The van der Waals surface area contributed by atoms with E-state index in [0.717, 1.165) is 16.8 Å². The molecule has 0 saturated heterocycles. The fourth-order valence-electron chi connectivity index (χ4n) is 1.89. The number of benzene rings is 1. The lowest BCUT2D eigenvalue weighted by molar-refractivity contribution is 0.0953. The topological polar surface area (TPSA) is 54.9 Å². The molecule has 0 aliphatic carbocycles. The number of hydrogen-bond donors (Lipinski definition) is 1. The quantitative estimate of drug-likeness (QED) is 0.716. The maximum absolute atomic E-state index is 11.8. The first-order valence-corrected chi connectivity index (χ1v) is 5.03. The van der Waals surface area contributed by atoms with Crippen LogP contribution in [0, 0.1) is 0 Å². The summed E-state index contributed by atoms with van der Waals surface area (Å²) in [5.74, 6) is -0.0615. The summed E-state index contributed by atoms with van der Waals surface area (Å²) in [4.78, 5) is 20.0. The molecular formula is C12H9N3O. The zero-order valence-corrected chi connectivity index (χ0v) is 8.47. The zero-order valence-electron chi connectivity index (χ0n) is 8.47. The Labute approximate surface area is 92.4 Å². The Hall–Kier alpha value is -2.23. The van der Waals surface area contributed by atoms with Gasteiger partial charge >= 0.3 is 0 Å². The first kappa shape index (κ1) is 9.03. The minimum atomic E-state index is -0.0615. The standard InChI is InChI=1S/C12H9N3O/c16-12-10-4-2-1-3-9(10)11-8(6-14-12)5-13-7-15-11/h1-5,7H,6H2,(H,14,16). The van der Waals surface area contributed by atoms with Crippen LogP contribution in [-0.2, 0) is 6.54 Å². The van der Waals surface area contributed by atoms with E-state index in [1.54, 1.807) is 6.20 Å². The molecule has 4 nitrogen and oxygen atoms in total. The molecule has 4 heteroatoms. The van der Waals surface area contributed by atoms with Crippen molar-refractivity contribution in [2.75, 3.05) is 0 Å². The lowest BCUT2D eigenvalue weighted by Gasteiger charge is -2.04. The molecule has 1 aliphatic heterocycles. The van der Waals surface area contributed by atoms with E-state index in [4.69, 9.17) is 0 Å². The third-order valence-corrected chi connectivity index (χ3v) is 2.65. The van der Waals surface area contributed by atoms with E-state index in [0.29, 0.717) is 12.1 Å². The van der Waals surface area contributed by atoms with Crippen molar-refractivity contribution < 1.29 is 4.79 Å². The van der Waals surface area contributed by atoms with Crippen LogP contribution in [0.1, 0.15) is 15.9 Å². The van der Waals surface area contributed by atoms with Gasteiger partial charge in [0, 0.05) is 29.4 Å². The molecule has 2 heterocycles. The summed E-state index contributed by atoms with van der Waals surface area (Å²) in [6.07, 6.45) is 3.25. The van der Waals surface area contributed by atoms with E-state index < -0.39 is 0 Å². The molecule has 1 aromatic carbocycles. The Morgan fingerprint density at radius 2 is 2.00 bits per heavy atom. The number of fused-ring (bicyclic) bond motifs is 3. The number of aromatic nitrogens is 2. The Balaban J connectivity index is 2.32. The fourth-order valence-corrected chi connectivity index (χ4v) is 1.89. The molecule has 1 N–H and O–H groups in total. The molecule has 0 atom stereocenters. The smallest absolute Gasteiger partial charge is 0.252 e. The van der Waals surface area contributed by atoms with Gasteiger partial charge in [-0.05, 0) is 6.07 Å². The summed E-state index contributed by atoms with van der Waals surface area (Å²) in [6, 6.07) is 7.47. The number of nitrogens with one attached hydrogen (secondary N) is 1. The molecule has 2 aromatic rings. The average molecular weight is 211 g/mol. The molecule has 78 valence electrons. The average Bonchev–Trinajstić information content (AvgIpc) is 2.49. The molecule has 1 amide bonds. The van der Waals surface area contributed by atoms with Crippen molar-refractivity contribution in [1.29, 1.82) is 0 Å². The van der Waals surface area contributed by atoms with Crippen LogP contribution < -0.4 is 5.32 Å². The number of nitrogens with zero attached hydrogens (tertiary/aromatic N) is 2. The molecule has 1 aromatic heterocycles. The van der Waals surface area contributed by atoms with Gasteiger partial charge in [-0.1, -0.05) is 18.2 Å². The van der Waals surface area contributed by atoms with Crippen LogP contribution in [0.15, 0.2) is 36.8 Å². The van der Waals surface area contributed by atoms with Crippen molar-refractivity contribution in [2.45, 2.75) is 6.54 Å². The molecule has 0 unspecified atom stereocenters. The van der Waals surface area contributed by atoms with Gasteiger partial charge in [0.25, 0.3) is 5.91 Å². The molecule has 0 fully saturated rings. The maximum atomic E-state index is 11.8. The third-order valence-electron chi connectivity index (χ3n) is 2.65. The van der Waals surface area contributed by atoms with Crippen LogP contribution in [0.4, 0.5) is 0 Å². The normalized spacial score (nSPS) is 13.4. The van der Waals surface area contributed by atoms with Crippen LogP contribution in [0.2, 0.25) is 0 Å². The predicted octanol–water partition coefficient (Wildman–Crippen LogP) is 1.39. The maximum Gasteiger partial charge on any atom is 0.252 e. The first-order chi connectivity index (χ1) is 7.86. The molecule has 0 saturated carbocycles. The second-order valence-electron chi connectivity index (χ2n) is 3.62. The summed E-state index contributed by atoms with van der Waals surface area (Å²) in [7, 11) is 0. The molecule has 1 aliphatic rings. The van der Waals surface area contributed by atoms with Gasteiger partial charge in [-0.25, -0.2) is 9.97 Å². The van der Waals surface area contributed by atoms with Crippen molar-refractivity contribution in [3.63, 3.8) is 0 Å². The molecule has 0 spiro atoms. The summed E-state index contributed by atoms with van der Waals surface area (Å²) >= 11 is 0. The largest absolute Gasteiger partial charge is 0.348 e. The van der Waals surface area contributed by atoms with Crippen LogP contribution >= 0.6 is 0 Å². The lowest BCUT2D eigenvalue weighted by atomic mass is 10.0. The summed E-state index contributed by atoms with van der Waals surface area (Å²) < 4.78 is 0. The zero-order chi connectivity index (χ0) is 11.0. The molecular weight excluding hydrogens is 202 g/mol. The SMILES string of the molecule is O=C1NCc2cncnc2-c2ccccc21. The number of amides is 1. The molecule has 16 heavy (non-hydrogen) atoms. The van der Waals surface area contributed by atoms with Crippen molar-refractivity contribution in [1.82, 2.24) is 15.3 Å². The van der Waals surface area contributed by atoms with Crippen molar-refractivity contribution in [2.24, 2.45) is 0 Å². The number of rotatable bonds is 0. The van der Waals surface area contributed by atoms with Crippen LogP contribution in [-0.4, -0.2) is 15.9 Å². The highest BCUT2D eigenvalue weighted by Crippen LogP contribution is 2.26. The summed E-state index contributed by atoms with van der Waals surface area (Å²) in [5, 5.41) is 2.84. The second kappa shape index (κ2) is 3.41. The minimum absolute atomic E-state index is 0.0615. The fraction of sp³-hybridized carbons (Fsp3) is 0.0833. The Kier molecular flexibility index (Phi) is 1.93. The highest BCUT2D eigenvalue weighted by molar-refractivity contribution is 6.01. The molecule has 3 rings (SSSR count). The number of hydrogen-bond acceptors (Lipinski definition) is 3. The molecule has 0 bridgehead atoms. The lowest BCUT2D eigenvalue weighted by Crippen LogP contribution is -2.21. The monoisotopic (exact) mass is 211 g/mol. The van der Waals surface area contributed by atoms with E-state index in [2.05, 4.69) is 15.3 Å². The van der Waals surface area contributed by atoms with E-state index >= 15 is 0 Å². The third kappa shape index (κ3) is 1.27. The van der Waals surface area contributed by atoms with E-state index in [1.165, 1.54) is 6.33 Å². The van der Waals surface area contributed by atoms with Crippen molar-refractivity contribution in [3.8, 4) is 11.3 Å². The highest BCUT2D eigenvalue weighted by Gasteiger charge is 2.19. The Morgan fingerprint density at radius 3 is 2.88 bits per heavy atom. The Bertz CT molecular complexity index is 566. The van der Waals surface area contributed by atoms with Crippen LogP contribution in [0.5, 0.6) is 0 Å². The van der Waals surface area contributed by atoms with E-state index in [9.17, 15) is 4.79 Å². The van der Waals surface area contributed by atoms with Crippen LogP contribution in [0.25, 0.3) is 11.3 Å². The van der Waals surface area contributed by atoms with Gasteiger partial charge in [0.1, 0.15) is 6.33 Å². The van der Waals surface area contributed by atoms with Gasteiger partial charge in [-0.3, -0.25) is 4.79 Å². The minimum Gasteiger partial charge on any atom is -0.348 e. The van der Waals surface area contributed by atoms with E-state index in [-0.39, 0.29) is 5.91 Å². The van der Waals surface area contributed by atoms with Gasteiger partial charge in [0.05, 0.1) is 5.69 Å². The predicted molar refractivity (Wildman–Crippen MR) is 58.6 cm³/mol. The first-order valence-electron chi connectivity index (χ1n) is 5.03. The van der Waals surface area contributed by atoms with Crippen LogP contribution in [0.3, 0.4) is 0 Å². The van der Waals surface area contributed by atoms with Crippen molar-refractivity contribution in [3.05, 3.63) is 47.9 Å². The Morgan fingerprint density at radius 1 is 1.19 bits per heavy atom. The second-order valence-corrected chi connectivity index (χ2v) is 3.62. The van der Waals surface area contributed by atoms with Gasteiger partial charge < -0.3 is 5.32 Å². The summed E-state index contributed by atoms with van der Waals surface area (Å²) in [5.41, 5.74) is 3.32. The number of carbonyl (C=O) groups excluding carboxylic acids is 1. The number of carbonyl (C=O) groups is 1. The molecule has 0 radical (unpaired) electrons. The van der Waals surface area contributed by atoms with Crippen molar-refractivity contribution >= 4 is 5.91 Å². The summed E-state index contributed by atoms with van der Waals surface area (Å²) in [6.45, 7) is 0.476.